The Morgan fingerprint density at radius 2 is 1.57 bits per heavy atom. The Bertz CT molecular complexity index is 508. The zero-order valence-corrected chi connectivity index (χ0v) is 13.1. The zero-order valence-electron chi connectivity index (χ0n) is 12.4. The van der Waals surface area contributed by atoms with E-state index < -0.39 is 0 Å². The second kappa shape index (κ2) is 6.80. The third-order valence-electron chi connectivity index (χ3n) is 3.58. The molecule has 0 aliphatic carbocycles. The van der Waals surface area contributed by atoms with Gasteiger partial charge in [-0.05, 0) is 17.7 Å². The van der Waals surface area contributed by atoms with Gasteiger partial charge >= 0.3 is 6.03 Å². The lowest BCUT2D eigenvalue weighted by atomic mass is 10.1. The number of hydrogen-bond donors (Lipinski definition) is 0. The normalized spacial score (nSPS) is 15.0. The Morgan fingerprint density at radius 1 is 1.05 bits per heavy atom. The Kier molecular flexibility index (Phi) is 5.07. The van der Waals surface area contributed by atoms with Crippen molar-refractivity contribution in [1.82, 2.24) is 14.7 Å². The molecule has 0 atom stereocenters. The Labute approximate surface area is 130 Å². The molecule has 1 fully saturated rings. The molecule has 0 bridgehead atoms. The van der Waals surface area contributed by atoms with Crippen molar-refractivity contribution < 1.29 is 9.59 Å². The van der Waals surface area contributed by atoms with Crippen LogP contribution < -0.4 is 0 Å². The molecule has 3 amide bonds. The molecule has 0 saturated carbocycles. The van der Waals surface area contributed by atoms with E-state index >= 15 is 0 Å². The average molecular weight is 310 g/mol. The molecule has 6 heteroatoms. The summed E-state index contributed by atoms with van der Waals surface area (Å²) in [6, 6.07) is 7.33. The van der Waals surface area contributed by atoms with Crippen LogP contribution in [0.25, 0.3) is 0 Å². The van der Waals surface area contributed by atoms with Crippen LogP contribution in [0, 0.1) is 0 Å². The first-order valence-corrected chi connectivity index (χ1v) is 7.47. The summed E-state index contributed by atoms with van der Waals surface area (Å²) in [4.78, 5) is 29.3. The van der Waals surface area contributed by atoms with E-state index in [2.05, 4.69) is 0 Å². The van der Waals surface area contributed by atoms with Gasteiger partial charge in [0, 0.05) is 51.7 Å². The molecule has 114 valence electrons. The molecule has 0 spiro atoms. The summed E-state index contributed by atoms with van der Waals surface area (Å²) in [5, 5.41) is 0. The van der Waals surface area contributed by atoms with E-state index in [0.717, 1.165) is 5.56 Å². The summed E-state index contributed by atoms with van der Waals surface area (Å²) in [5.41, 5.74) is 1.66. The summed E-state index contributed by atoms with van der Waals surface area (Å²) < 4.78 is 0. The van der Waals surface area contributed by atoms with Gasteiger partial charge in [0.05, 0.1) is 0 Å². The highest BCUT2D eigenvalue weighted by atomic mass is 35.5. The van der Waals surface area contributed by atoms with Crippen molar-refractivity contribution in [2.24, 2.45) is 0 Å². The Hall–Kier alpha value is -1.75. The summed E-state index contributed by atoms with van der Waals surface area (Å²) in [5.74, 6) is 0.452. The van der Waals surface area contributed by atoms with Crippen molar-refractivity contribution in [3.05, 3.63) is 35.4 Å². The highest BCUT2D eigenvalue weighted by Gasteiger charge is 2.25. The van der Waals surface area contributed by atoms with Crippen LogP contribution in [0.2, 0.25) is 0 Å². The monoisotopic (exact) mass is 309 g/mol. The van der Waals surface area contributed by atoms with Crippen LogP contribution in [0.1, 0.15) is 15.9 Å². The topological polar surface area (TPSA) is 43.9 Å². The first kappa shape index (κ1) is 15.6. The maximum absolute atomic E-state index is 12.4. The fourth-order valence-electron chi connectivity index (χ4n) is 2.30. The van der Waals surface area contributed by atoms with Gasteiger partial charge in [-0.25, -0.2) is 4.79 Å². The van der Waals surface area contributed by atoms with E-state index in [4.69, 9.17) is 11.6 Å². The first-order chi connectivity index (χ1) is 10.0. The molecule has 1 aromatic rings. The summed E-state index contributed by atoms with van der Waals surface area (Å²) in [7, 11) is 3.47. The number of rotatable bonds is 2. The molecule has 21 heavy (non-hydrogen) atoms. The minimum Gasteiger partial charge on any atom is -0.335 e. The van der Waals surface area contributed by atoms with Gasteiger partial charge in [-0.2, -0.15) is 0 Å². The number of halogens is 1. The number of carbonyl (C=O) groups excluding carboxylic acids is 2. The molecule has 1 aliphatic heterocycles. The van der Waals surface area contributed by atoms with E-state index in [-0.39, 0.29) is 11.9 Å². The standard InChI is InChI=1S/C15H20ClN3O2/c1-17(2)15(21)19-9-7-18(8-10-19)14(20)13-5-3-12(11-16)4-6-13/h3-6H,7-11H2,1-2H3. The number of amides is 3. The van der Waals surface area contributed by atoms with Gasteiger partial charge in [-0.1, -0.05) is 12.1 Å². The average Bonchev–Trinajstić information content (AvgIpc) is 2.53. The number of carbonyl (C=O) groups is 2. The smallest absolute Gasteiger partial charge is 0.319 e. The fourth-order valence-corrected chi connectivity index (χ4v) is 2.48. The highest BCUT2D eigenvalue weighted by Crippen LogP contribution is 2.12. The third-order valence-corrected chi connectivity index (χ3v) is 3.88. The lowest BCUT2D eigenvalue weighted by Crippen LogP contribution is -2.52. The van der Waals surface area contributed by atoms with Gasteiger partial charge in [0.25, 0.3) is 5.91 Å². The Morgan fingerprint density at radius 3 is 2.05 bits per heavy atom. The van der Waals surface area contributed by atoms with Crippen molar-refractivity contribution in [3.63, 3.8) is 0 Å². The van der Waals surface area contributed by atoms with Crippen LogP contribution >= 0.6 is 11.6 Å². The number of hydrogen-bond acceptors (Lipinski definition) is 2. The van der Waals surface area contributed by atoms with Gasteiger partial charge in [0.1, 0.15) is 0 Å². The van der Waals surface area contributed by atoms with Gasteiger partial charge in [0.2, 0.25) is 0 Å². The third kappa shape index (κ3) is 3.67. The van der Waals surface area contributed by atoms with Crippen molar-refractivity contribution in [2.45, 2.75) is 5.88 Å². The van der Waals surface area contributed by atoms with E-state index in [1.807, 2.05) is 12.1 Å². The van der Waals surface area contributed by atoms with Crippen molar-refractivity contribution in [1.29, 1.82) is 0 Å². The van der Waals surface area contributed by atoms with Crippen LogP contribution in [-0.2, 0) is 5.88 Å². The van der Waals surface area contributed by atoms with Crippen LogP contribution in [0.5, 0.6) is 0 Å². The van der Waals surface area contributed by atoms with E-state index in [1.165, 1.54) is 0 Å². The minimum absolute atomic E-state index is 0.00596. The molecule has 0 unspecified atom stereocenters. The molecule has 0 radical (unpaired) electrons. The molecule has 5 nitrogen and oxygen atoms in total. The number of nitrogens with zero attached hydrogens (tertiary/aromatic N) is 3. The molecule has 1 aromatic carbocycles. The van der Waals surface area contributed by atoms with Gasteiger partial charge in [0.15, 0.2) is 0 Å². The summed E-state index contributed by atoms with van der Waals surface area (Å²) >= 11 is 5.74. The van der Waals surface area contributed by atoms with Gasteiger partial charge < -0.3 is 14.7 Å². The van der Waals surface area contributed by atoms with E-state index in [9.17, 15) is 9.59 Å². The lowest BCUT2D eigenvalue weighted by Gasteiger charge is -2.36. The molecule has 0 N–H and O–H groups in total. The maximum Gasteiger partial charge on any atom is 0.319 e. The molecule has 0 aromatic heterocycles. The van der Waals surface area contributed by atoms with E-state index in [1.54, 1.807) is 40.9 Å². The van der Waals surface area contributed by atoms with Crippen LogP contribution in [0.3, 0.4) is 0 Å². The van der Waals surface area contributed by atoms with Gasteiger partial charge in [-0.3, -0.25) is 4.79 Å². The second-order valence-electron chi connectivity index (χ2n) is 5.29. The predicted octanol–water partition coefficient (Wildman–Crippen LogP) is 1.86. The molecule has 2 rings (SSSR count). The number of benzene rings is 1. The molecular formula is C15H20ClN3O2. The SMILES string of the molecule is CN(C)C(=O)N1CCN(C(=O)c2ccc(CCl)cc2)CC1. The molecule has 1 heterocycles. The fraction of sp³-hybridized carbons (Fsp3) is 0.467. The molecular weight excluding hydrogens is 290 g/mol. The van der Waals surface area contributed by atoms with E-state index in [0.29, 0.717) is 37.6 Å². The molecule has 1 saturated heterocycles. The quantitative estimate of drug-likeness (QED) is 0.783. The highest BCUT2D eigenvalue weighted by molar-refractivity contribution is 6.17. The first-order valence-electron chi connectivity index (χ1n) is 6.93. The number of piperazine rings is 1. The summed E-state index contributed by atoms with van der Waals surface area (Å²) in [6.45, 7) is 2.27. The molecule has 1 aliphatic rings. The van der Waals surface area contributed by atoms with Crippen molar-refractivity contribution in [3.8, 4) is 0 Å². The zero-order chi connectivity index (χ0) is 15.4. The van der Waals surface area contributed by atoms with Crippen LogP contribution in [0.15, 0.2) is 24.3 Å². The van der Waals surface area contributed by atoms with Crippen LogP contribution in [-0.4, -0.2) is 66.9 Å². The van der Waals surface area contributed by atoms with Crippen LogP contribution in [0.4, 0.5) is 4.79 Å². The lowest BCUT2D eigenvalue weighted by molar-refractivity contribution is 0.0650. The predicted molar refractivity (Wildman–Crippen MR) is 82.6 cm³/mol. The number of alkyl halides is 1. The summed E-state index contributed by atoms with van der Waals surface area (Å²) in [6.07, 6.45) is 0. The second-order valence-corrected chi connectivity index (χ2v) is 5.55. The number of urea groups is 1. The van der Waals surface area contributed by atoms with Crippen molar-refractivity contribution >= 4 is 23.5 Å². The largest absolute Gasteiger partial charge is 0.335 e. The van der Waals surface area contributed by atoms with Crippen molar-refractivity contribution in [2.75, 3.05) is 40.3 Å². The minimum atomic E-state index is -0.00596. The maximum atomic E-state index is 12.4. The van der Waals surface area contributed by atoms with Gasteiger partial charge in [-0.15, -0.1) is 11.6 Å². The Balaban J connectivity index is 1.95.